The van der Waals surface area contributed by atoms with Crippen LogP contribution in [0.1, 0.15) is 1.37 Å². The Morgan fingerprint density at radius 1 is 1.48 bits per heavy atom. The van der Waals surface area contributed by atoms with Gasteiger partial charge in [0, 0.05) is 25.4 Å². The quantitative estimate of drug-likeness (QED) is 0.841. The highest BCUT2D eigenvalue weighted by Crippen LogP contribution is 2.36. The Bertz CT molecular complexity index is 589. The van der Waals surface area contributed by atoms with Crippen molar-refractivity contribution in [3.63, 3.8) is 0 Å². The topological polar surface area (TPSA) is 64.8 Å². The number of hydrogen-bond acceptors (Lipinski definition) is 4. The van der Waals surface area contributed by atoms with E-state index in [1.54, 1.807) is 7.11 Å². The maximum absolute atomic E-state index is 11.8. The molecule has 2 N–H and O–H groups in total. The Balaban J connectivity index is 2.21. The molecule has 0 bridgehead atoms. The van der Waals surface area contributed by atoms with Gasteiger partial charge < -0.3 is 20.1 Å². The maximum Gasteiger partial charge on any atom is 0.246 e. The van der Waals surface area contributed by atoms with Gasteiger partial charge in [0.2, 0.25) is 5.91 Å². The van der Waals surface area contributed by atoms with Crippen molar-refractivity contribution < 1.29 is 15.6 Å². The Kier molecular flexibility index (Phi) is 4.85. The van der Waals surface area contributed by atoms with Crippen molar-refractivity contribution in [2.24, 2.45) is 0 Å². The number of benzene rings is 1. The molecule has 1 atom stereocenters. The van der Waals surface area contributed by atoms with E-state index in [0.717, 1.165) is 0 Å². The lowest BCUT2D eigenvalue weighted by Gasteiger charge is -2.29. The van der Waals surface area contributed by atoms with Crippen LogP contribution in [0.4, 0.5) is 5.69 Å². The zero-order valence-corrected chi connectivity index (χ0v) is 12.9. The third kappa shape index (κ3) is 4.03. The van der Waals surface area contributed by atoms with E-state index >= 15 is 0 Å². The average molecular weight is 332 g/mol. The van der Waals surface area contributed by atoms with Gasteiger partial charge in [-0.1, -0.05) is 23.2 Å². The normalized spacial score (nSPS) is 22.3. The van der Waals surface area contributed by atoms with Crippen LogP contribution in [0, 0.1) is 0 Å². The molecule has 7 heteroatoms. The summed E-state index contributed by atoms with van der Waals surface area (Å²) in [4.78, 5) is 13.3. The summed E-state index contributed by atoms with van der Waals surface area (Å²) in [7, 11) is 1.54. The number of nitrogen functional groups attached to an aromatic ring is 1. The molecule has 1 unspecified atom stereocenters. The van der Waals surface area contributed by atoms with E-state index in [1.807, 2.05) is 0 Å². The van der Waals surface area contributed by atoms with Gasteiger partial charge in [-0.15, -0.1) is 0 Å². The van der Waals surface area contributed by atoms with Gasteiger partial charge in [0.05, 0.1) is 24.6 Å². The number of amides is 1. The number of methoxy groups -OCH3 is 1. The minimum Gasteiger partial charge on any atom is -0.481 e. The Labute approximate surface area is 134 Å². The zero-order chi connectivity index (χ0) is 16.3. The number of anilines is 1. The number of rotatable bonds is 5. The second-order valence-electron chi connectivity index (χ2n) is 4.47. The first-order chi connectivity index (χ1) is 10.3. The second-order valence-corrected chi connectivity index (χ2v) is 5.28. The van der Waals surface area contributed by atoms with Crippen molar-refractivity contribution in [2.75, 3.05) is 32.5 Å². The summed E-state index contributed by atoms with van der Waals surface area (Å²) in [6.45, 7) is 0.786. The number of carbonyl (C=O) groups is 1. The van der Waals surface area contributed by atoms with Crippen molar-refractivity contribution in [2.45, 2.75) is 6.08 Å². The average Bonchev–Trinajstić information content (AvgIpc) is 2.44. The van der Waals surface area contributed by atoms with Crippen LogP contribution >= 0.6 is 23.2 Å². The van der Waals surface area contributed by atoms with Gasteiger partial charge in [-0.25, -0.2) is 0 Å². The molecule has 2 rings (SSSR count). The molecule has 21 heavy (non-hydrogen) atoms. The first kappa shape index (κ1) is 14.5. The molecular formula is C14H16Cl2N2O3. The number of halogens is 2. The monoisotopic (exact) mass is 331 g/mol. The number of ether oxygens (including phenoxy) is 2. The van der Waals surface area contributed by atoms with Crippen LogP contribution in [0.2, 0.25) is 10.0 Å². The summed E-state index contributed by atoms with van der Waals surface area (Å²) in [5.74, 6) is -0.0313. The molecule has 1 aromatic rings. The summed E-state index contributed by atoms with van der Waals surface area (Å²) >= 11 is 12.1. The Morgan fingerprint density at radius 3 is 2.76 bits per heavy atom. The first-order valence-electron chi connectivity index (χ1n) is 6.75. The molecule has 0 radical (unpaired) electrons. The van der Waals surface area contributed by atoms with Crippen LogP contribution in [-0.2, 0) is 9.53 Å². The lowest BCUT2D eigenvalue weighted by Crippen LogP contribution is -2.43. The molecule has 0 saturated carbocycles. The molecule has 1 aliphatic heterocycles. The molecule has 1 aromatic carbocycles. The standard InChI is InChI=1S/C14H16Cl2N2O3/c1-20-5-4-18-8-10(2-3-13(18)19)21-14-11(15)6-9(17)7-12(14)16/h2-3,6-7,10H,4-5,8,17H2,1H3/i10D. The first-order valence-corrected chi connectivity index (χ1v) is 7.01. The molecule has 5 nitrogen and oxygen atoms in total. The van der Waals surface area contributed by atoms with Crippen molar-refractivity contribution in [3.8, 4) is 5.75 Å². The smallest absolute Gasteiger partial charge is 0.246 e. The van der Waals surface area contributed by atoms with Crippen LogP contribution in [0.15, 0.2) is 24.3 Å². The summed E-state index contributed by atoms with van der Waals surface area (Å²) in [5.41, 5.74) is 6.04. The molecule has 0 saturated heterocycles. The van der Waals surface area contributed by atoms with Crippen LogP contribution < -0.4 is 10.5 Å². The van der Waals surface area contributed by atoms with E-state index in [9.17, 15) is 4.79 Å². The van der Waals surface area contributed by atoms with Crippen molar-refractivity contribution in [1.82, 2.24) is 4.90 Å². The highest BCUT2D eigenvalue weighted by molar-refractivity contribution is 6.37. The molecule has 114 valence electrons. The van der Waals surface area contributed by atoms with E-state index in [4.69, 9.17) is 39.8 Å². The maximum atomic E-state index is 11.8. The van der Waals surface area contributed by atoms with Crippen molar-refractivity contribution >= 4 is 34.8 Å². The van der Waals surface area contributed by atoms with E-state index in [1.165, 1.54) is 29.2 Å². The highest BCUT2D eigenvalue weighted by Gasteiger charge is 2.23. The molecule has 0 fully saturated rings. The van der Waals surface area contributed by atoms with Crippen LogP contribution in [0.5, 0.6) is 5.75 Å². The fraction of sp³-hybridized carbons (Fsp3) is 0.357. The van der Waals surface area contributed by atoms with E-state index in [-0.39, 0.29) is 28.2 Å². The summed E-state index contributed by atoms with van der Waals surface area (Å²) in [6, 6.07) is 2.99. The largest absolute Gasteiger partial charge is 0.481 e. The third-order valence-electron chi connectivity index (χ3n) is 2.89. The van der Waals surface area contributed by atoms with Crippen LogP contribution in [0.25, 0.3) is 0 Å². The lowest BCUT2D eigenvalue weighted by molar-refractivity contribution is -0.128. The molecule has 1 aliphatic rings. The van der Waals surface area contributed by atoms with Gasteiger partial charge in [-0.2, -0.15) is 0 Å². The zero-order valence-electron chi connectivity index (χ0n) is 12.4. The highest BCUT2D eigenvalue weighted by atomic mass is 35.5. The number of nitrogens with zero attached hydrogens (tertiary/aromatic N) is 1. The summed E-state index contributed by atoms with van der Waals surface area (Å²) in [6.07, 6.45) is 1.19. The molecular weight excluding hydrogens is 315 g/mol. The van der Waals surface area contributed by atoms with Gasteiger partial charge in [-0.05, 0) is 18.2 Å². The fourth-order valence-corrected chi connectivity index (χ4v) is 2.43. The van der Waals surface area contributed by atoms with E-state index in [2.05, 4.69) is 0 Å². The van der Waals surface area contributed by atoms with E-state index < -0.39 is 6.08 Å². The predicted molar refractivity (Wildman–Crippen MR) is 82.9 cm³/mol. The minimum atomic E-state index is -1.48. The molecule has 0 aliphatic carbocycles. The van der Waals surface area contributed by atoms with E-state index in [0.29, 0.717) is 18.8 Å². The van der Waals surface area contributed by atoms with Gasteiger partial charge in [0.1, 0.15) is 6.08 Å². The number of carbonyl (C=O) groups excluding carboxylic acids is 1. The summed E-state index contributed by atoms with van der Waals surface area (Å²) < 4.78 is 19.0. The lowest BCUT2D eigenvalue weighted by atomic mass is 10.2. The minimum absolute atomic E-state index is 0.0444. The van der Waals surface area contributed by atoms with Crippen molar-refractivity contribution in [3.05, 3.63) is 34.3 Å². The number of nitrogens with two attached hydrogens (primary N) is 1. The van der Waals surface area contributed by atoms with Crippen LogP contribution in [-0.4, -0.2) is 43.7 Å². The van der Waals surface area contributed by atoms with Crippen molar-refractivity contribution in [1.29, 1.82) is 0 Å². The Hall–Kier alpha value is -1.43. The number of hydrogen-bond donors (Lipinski definition) is 1. The SMILES string of the molecule is [2H]C1(Oc2c(Cl)cc(N)cc2Cl)C=CC(=O)N(CCOC)C1. The summed E-state index contributed by atoms with van der Waals surface area (Å²) in [5, 5.41) is 0.427. The predicted octanol–water partition coefficient (Wildman–Crippen LogP) is 2.37. The van der Waals surface area contributed by atoms with Gasteiger partial charge >= 0.3 is 0 Å². The second kappa shape index (κ2) is 7.02. The fourth-order valence-electron chi connectivity index (χ4n) is 1.85. The van der Waals surface area contributed by atoms with Gasteiger partial charge in [-0.3, -0.25) is 4.79 Å². The molecule has 0 aromatic heterocycles. The third-order valence-corrected chi connectivity index (χ3v) is 3.45. The molecule has 0 spiro atoms. The van der Waals surface area contributed by atoms with Gasteiger partial charge in [0.15, 0.2) is 5.75 Å². The van der Waals surface area contributed by atoms with Crippen LogP contribution in [0.3, 0.4) is 0 Å². The molecule has 1 heterocycles. The molecule has 1 amide bonds. The Morgan fingerprint density at radius 2 is 2.14 bits per heavy atom. The van der Waals surface area contributed by atoms with Gasteiger partial charge in [0.25, 0.3) is 0 Å².